The molecule has 7 nitrogen and oxygen atoms in total. The summed E-state index contributed by atoms with van der Waals surface area (Å²) in [5, 5.41) is 11.7. The van der Waals surface area contributed by atoms with Crippen molar-refractivity contribution in [2.75, 3.05) is 0 Å². The lowest BCUT2D eigenvalue weighted by atomic mass is 9.89. The van der Waals surface area contributed by atoms with Crippen LogP contribution in [0.4, 0.5) is 0 Å². The highest BCUT2D eigenvalue weighted by atomic mass is 16.4. The molecule has 1 aromatic heterocycles. The van der Waals surface area contributed by atoms with Crippen LogP contribution in [0.15, 0.2) is 18.3 Å². The van der Waals surface area contributed by atoms with Crippen molar-refractivity contribution in [3.63, 3.8) is 0 Å². The van der Waals surface area contributed by atoms with E-state index >= 15 is 0 Å². The summed E-state index contributed by atoms with van der Waals surface area (Å²) < 4.78 is 0. The van der Waals surface area contributed by atoms with Gasteiger partial charge < -0.3 is 16.2 Å². The molecule has 0 aromatic carbocycles. The third-order valence-electron chi connectivity index (χ3n) is 3.50. The van der Waals surface area contributed by atoms with Gasteiger partial charge in [0.1, 0.15) is 5.69 Å². The second-order valence-electron chi connectivity index (χ2n) is 4.81. The minimum atomic E-state index is -0.976. The molecular formula is C14H19N3O4. The van der Waals surface area contributed by atoms with Crippen LogP contribution in [0.5, 0.6) is 0 Å². The quantitative estimate of drug-likeness (QED) is 0.690. The topological polar surface area (TPSA) is 122 Å². The number of nitrogens with one attached hydrogen (secondary N) is 1. The van der Waals surface area contributed by atoms with Crippen LogP contribution in [0.25, 0.3) is 0 Å². The van der Waals surface area contributed by atoms with Crippen molar-refractivity contribution in [2.45, 2.75) is 38.6 Å². The zero-order chi connectivity index (χ0) is 16.0. The fourth-order valence-electron chi connectivity index (χ4n) is 1.99. The van der Waals surface area contributed by atoms with E-state index < -0.39 is 23.3 Å². The number of carboxylic acids is 1. The third-order valence-corrected chi connectivity index (χ3v) is 3.50. The number of nitrogens with zero attached hydrogens (tertiary/aromatic N) is 1. The highest BCUT2D eigenvalue weighted by Crippen LogP contribution is 2.20. The molecule has 0 unspecified atom stereocenters. The summed E-state index contributed by atoms with van der Waals surface area (Å²) in [6, 6.07) is 2.79. The van der Waals surface area contributed by atoms with Crippen molar-refractivity contribution in [3.05, 3.63) is 29.6 Å². The summed E-state index contributed by atoms with van der Waals surface area (Å²) in [6.45, 7) is 3.63. The number of carboxylic acid groups (broad SMARTS) is 1. The number of amides is 2. The lowest BCUT2D eigenvalue weighted by Crippen LogP contribution is -2.49. The van der Waals surface area contributed by atoms with Gasteiger partial charge in [-0.25, -0.2) is 0 Å². The summed E-state index contributed by atoms with van der Waals surface area (Å²) >= 11 is 0. The average molecular weight is 293 g/mol. The van der Waals surface area contributed by atoms with Crippen LogP contribution in [-0.4, -0.2) is 33.4 Å². The number of carbonyl (C=O) groups is 3. The highest BCUT2D eigenvalue weighted by Gasteiger charge is 2.31. The van der Waals surface area contributed by atoms with Gasteiger partial charge in [0.05, 0.1) is 17.5 Å². The van der Waals surface area contributed by atoms with Crippen molar-refractivity contribution < 1.29 is 19.5 Å². The average Bonchev–Trinajstić information content (AvgIpc) is 2.46. The van der Waals surface area contributed by atoms with Gasteiger partial charge in [0.25, 0.3) is 5.91 Å². The molecule has 4 N–H and O–H groups in total. The van der Waals surface area contributed by atoms with E-state index in [0.29, 0.717) is 12.8 Å². The van der Waals surface area contributed by atoms with Gasteiger partial charge in [0.15, 0.2) is 0 Å². The first kappa shape index (κ1) is 16.6. The summed E-state index contributed by atoms with van der Waals surface area (Å²) in [6.07, 6.45) is 2.03. The SMILES string of the molecule is CCC(CC)(CC(=O)O)NC(=O)c1ccc(C(N)=O)cn1. The molecule has 0 aliphatic carbocycles. The first-order chi connectivity index (χ1) is 9.83. The van der Waals surface area contributed by atoms with Crippen LogP contribution < -0.4 is 11.1 Å². The minimum absolute atomic E-state index is 0.108. The number of rotatable bonds is 7. The molecule has 0 fully saturated rings. The van der Waals surface area contributed by atoms with Crippen molar-refractivity contribution in [1.29, 1.82) is 0 Å². The van der Waals surface area contributed by atoms with Crippen LogP contribution in [0.1, 0.15) is 54.0 Å². The molecule has 7 heteroatoms. The molecule has 0 bridgehead atoms. The zero-order valence-corrected chi connectivity index (χ0v) is 12.0. The lowest BCUT2D eigenvalue weighted by molar-refractivity contribution is -0.138. The molecule has 2 amide bonds. The first-order valence-corrected chi connectivity index (χ1v) is 6.63. The van der Waals surface area contributed by atoms with E-state index in [9.17, 15) is 14.4 Å². The van der Waals surface area contributed by atoms with Gasteiger partial charge in [-0.3, -0.25) is 19.4 Å². The van der Waals surface area contributed by atoms with E-state index in [0.717, 1.165) is 0 Å². The maximum Gasteiger partial charge on any atom is 0.305 e. The maximum absolute atomic E-state index is 12.2. The fraction of sp³-hybridized carbons (Fsp3) is 0.429. The molecule has 0 saturated heterocycles. The monoisotopic (exact) mass is 293 g/mol. The Balaban J connectivity index is 2.91. The molecule has 0 aliphatic heterocycles. The molecule has 0 spiro atoms. The Hall–Kier alpha value is -2.44. The van der Waals surface area contributed by atoms with Crippen molar-refractivity contribution in [1.82, 2.24) is 10.3 Å². The van der Waals surface area contributed by atoms with Crippen molar-refractivity contribution in [3.8, 4) is 0 Å². The third kappa shape index (κ3) is 4.27. The number of pyridine rings is 1. The van der Waals surface area contributed by atoms with Crippen molar-refractivity contribution >= 4 is 17.8 Å². The number of aromatic nitrogens is 1. The Labute approximate surface area is 122 Å². The smallest absolute Gasteiger partial charge is 0.305 e. The van der Waals surface area contributed by atoms with E-state index in [2.05, 4.69) is 10.3 Å². The largest absolute Gasteiger partial charge is 0.481 e. The molecule has 1 aromatic rings. The molecule has 0 saturated carbocycles. The van der Waals surface area contributed by atoms with Crippen LogP contribution in [0.3, 0.4) is 0 Å². The summed E-state index contributed by atoms with van der Waals surface area (Å²) in [4.78, 5) is 37.9. The van der Waals surface area contributed by atoms with Crippen LogP contribution in [0.2, 0.25) is 0 Å². The predicted octanol–water partition coefficient (Wildman–Crippen LogP) is 0.944. The Morgan fingerprint density at radius 3 is 2.29 bits per heavy atom. The number of nitrogens with two attached hydrogens (primary N) is 1. The number of primary amides is 1. The second-order valence-corrected chi connectivity index (χ2v) is 4.81. The minimum Gasteiger partial charge on any atom is -0.481 e. The highest BCUT2D eigenvalue weighted by molar-refractivity contribution is 5.95. The maximum atomic E-state index is 12.2. The van der Waals surface area contributed by atoms with Gasteiger partial charge in [-0.05, 0) is 25.0 Å². The van der Waals surface area contributed by atoms with E-state index in [1.54, 1.807) is 0 Å². The van der Waals surface area contributed by atoms with Gasteiger partial charge >= 0.3 is 5.97 Å². The number of hydrogen-bond acceptors (Lipinski definition) is 4. The summed E-state index contributed by atoms with van der Waals surface area (Å²) in [5.41, 5.74) is 4.59. The molecule has 21 heavy (non-hydrogen) atoms. The first-order valence-electron chi connectivity index (χ1n) is 6.63. The summed E-state index contributed by atoms with van der Waals surface area (Å²) in [5.74, 6) is -2.08. The zero-order valence-electron chi connectivity index (χ0n) is 12.0. The lowest BCUT2D eigenvalue weighted by Gasteiger charge is -2.31. The van der Waals surface area contributed by atoms with Gasteiger partial charge in [-0.2, -0.15) is 0 Å². The van der Waals surface area contributed by atoms with Crippen LogP contribution >= 0.6 is 0 Å². The molecule has 1 heterocycles. The Morgan fingerprint density at radius 1 is 1.29 bits per heavy atom. The van der Waals surface area contributed by atoms with Crippen LogP contribution in [-0.2, 0) is 4.79 Å². The summed E-state index contributed by atoms with van der Waals surface area (Å²) in [7, 11) is 0. The normalized spacial score (nSPS) is 11.0. The van der Waals surface area contributed by atoms with E-state index in [-0.39, 0.29) is 17.7 Å². The van der Waals surface area contributed by atoms with E-state index in [1.807, 2.05) is 13.8 Å². The Kier molecular flexibility index (Phi) is 5.40. The second kappa shape index (κ2) is 6.83. The van der Waals surface area contributed by atoms with Gasteiger partial charge in [-0.1, -0.05) is 13.8 Å². The van der Waals surface area contributed by atoms with Gasteiger partial charge in [0, 0.05) is 6.20 Å². The predicted molar refractivity (Wildman–Crippen MR) is 75.8 cm³/mol. The number of carbonyl (C=O) groups excluding carboxylic acids is 2. The number of hydrogen-bond donors (Lipinski definition) is 3. The van der Waals surface area contributed by atoms with Crippen molar-refractivity contribution in [2.24, 2.45) is 5.73 Å². The van der Waals surface area contributed by atoms with E-state index in [4.69, 9.17) is 10.8 Å². The molecule has 0 aliphatic rings. The molecule has 0 atom stereocenters. The van der Waals surface area contributed by atoms with E-state index in [1.165, 1.54) is 18.3 Å². The molecule has 0 radical (unpaired) electrons. The number of aliphatic carboxylic acids is 1. The van der Waals surface area contributed by atoms with Gasteiger partial charge in [-0.15, -0.1) is 0 Å². The Bertz CT molecular complexity index is 536. The molecule has 114 valence electrons. The molecule has 1 rings (SSSR count). The molecular weight excluding hydrogens is 274 g/mol. The Morgan fingerprint density at radius 2 is 1.90 bits per heavy atom. The standard InChI is InChI=1S/C14H19N3O4/c1-3-14(4-2,7-11(18)19)17-13(21)10-6-5-9(8-16-10)12(15)20/h5-6,8H,3-4,7H2,1-2H3,(H2,15,20)(H,17,21)(H,18,19). The van der Waals surface area contributed by atoms with Gasteiger partial charge in [0.2, 0.25) is 5.91 Å². The van der Waals surface area contributed by atoms with Crippen LogP contribution in [0, 0.1) is 0 Å². The fourth-order valence-corrected chi connectivity index (χ4v) is 1.99.